The van der Waals surface area contributed by atoms with Crippen molar-refractivity contribution in [3.05, 3.63) is 156 Å². The third-order valence-electron chi connectivity index (χ3n) is 7.72. The molecular formula is C36H29NO2. The molecule has 6 aromatic rings. The van der Waals surface area contributed by atoms with E-state index in [-0.39, 0.29) is 17.5 Å². The van der Waals surface area contributed by atoms with Crippen LogP contribution in [0.2, 0.25) is 0 Å². The molecule has 190 valence electrons. The number of nitrogens with zero attached hydrogens (tertiary/aromatic N) is 1. The van der Waals surface area contributed by atoms with Crippen molar-refractivity contribution in [3.8, 4) is 0 Å². The van der Waals surface area contributed by atoms with Crippen LogP contribution in [0.4, 0.5) is 0 Å². The summed E-state index contributed by atoms with van der Waals surface area (Å²) < 4.78 is 2.13. The number of carbonyl (C=O) groups excluding carboxylic acids is 2. The molecule has 0 radical (unpaired) electrons. The first-order chi connectivity index (χ1) is 19.1. The normalized spacial score (nSPS) is 12.2. The van der Waals surface area contributed by atoms with Gasteiger partial charge >= 0.3 is 0 Å². The summed E-state index contributed by atoms with van der Waals surface area (Å²) in [4.78, 5) is 28.1. The summed E-state index contributed by atoms with van der Waals surface area (Å²) in [7, 11) is 2.05. The highest BCUT2D eigenvalue weighted by Gasteiger charge is 2.34. The minimum absolute atomic E-state index is 0.144. The predicted octanol–water partition coefficient (Wildman–Crippen LogP) is 8.24. The lowest BCUT2D eigenvalue weighted by atomic mass is 9.77. The molecule has 3 nitrogen and oxygen atoms in total. The molecule has 0 aliphatic rings. The van der Waals surface area contributed by atoms with E-state index < -0.39 is 5.92 Å². The average Bonchev–Trinajstić information content (AvgIpc) is 3.34. The Kier molecular flexibility index (Phi) is 6.64. The zero-order valence-corrected chi connectivity index (χ0v) is 21.8. The monoisotopic (exact) mass is 507 g/mol. The molecule has 0 unspecified atom stereocenters. The Balaban J connectivity index is 1.55. The van der Waals surface area contributed by atoms with Crippen molar-refractivity contribution in [1.82, 2.24) is 4.57 Å². The van der Waals surface area contributed by atoms with Crippen molar-refractivity contribution in [1.29, 1.82) is 0 Å². The van der Waals surface area contributed by atoms with Crippen molar-refractivity contribution in [2.75, 3.05) is 0 Å². The van der Waals surface area contributed by atoms with E-state index in [1.54, 1.807) is 24.3 Å². The van der Waals surface area contributed by atoms with Crippen LogP contribution < -0.4 is 0 Å². The SMILES string of the molecule is Cn1cc([C@H](CC(C(=O)c2ccccc2)C(=O)c2ccccc2)c2cccc3ccccc23)c2ccccc21. The number of benzene rings is 5. The summed E-state index contributed by atoms with van der Waals surface area (Å²) >= 11 is 0. The van der Waals surface area contributed by atoms with Crippen LogP contribution in [0.3, 0.4) is 0 Å². The minimum Gasteiger partial charge on any atom is -0.350 e. The number of fused-ring (bicyclic) bond motifs is 2. The molecule has 3 heteroatoms. The highest BCUT2D eigenvalue weighted by molar-refractivity contribution is 6.16. The topological polar surface area (TPSA) is 39.1 Å². The van der Waals surface area contributed by atoms with E-state index in [1.165, 1.54) is 0 Å². The smallest absolute Gasteiger partial charge is 0.173 e. The van der Waals surface area contributed by atoms with E-state index in [9.17, 15) is 9.59 Å². The van der Waals surface area contributed by atoms with E-state index in [2.05, 4.69) is 53.2 Å². The number of aromatic nitrogens is 1. The lowest BCUT2D eigenvalue weighted by Crippen LogP contribution is -2.27. The number of rotatable bonds is 8. The molecule has 0 saturated heterocycles. The first-order valence-electron chi connectivity index (χ1n) is 13.3. The lowest BCUT2D eigenvalue weighted by molar-refractivity contribution is 0.0796. The Morgan fingerprint density at radius 2 is 1.13 bits per heavy atom. The summed E-state index contributed by atoms with van der Waals surface area (Å²) in [6.45, 7) is 0. The third kappa shape index (κ3) is 4.68. The Morgan fingerprint density at radius 3 is 1.79 bits per heavy atom. The predicted molar refractivity (Wildman–Crippen MR) is 158 cm³/mol. The average molecular weight is 508 g/mol. The molecule has 1 atom stereocenters. The number of para-hydroxylation sites is 1. The van der Waals surface area contributed by atoms with Gasteiger partial charge in [0, 0.05) is 41.2 Å². The molecule has 0 N–H and O–H groups in total. The standard InChI is InChI=1S/C36H29NO2/c1-37-24-33(30-20-10-11-22-34(30)37)31(29-21-12-18-25-13-8-9-19-28(25)29)23-32(35(38)26-14-4-2-5-15-26)36(39)27-16-6-3-7-17-27/h2-22,24,31-32H,23H2,1H3/t31-/m1/s1. The van der Waals surface area contributed by atoms with Crippen molar-refractivity contribution >= 4 is 33.2 Å². The first kappa shape index (κ1) is 24.6. The van der Waals surface area contributed by atoms with Crippen LogP contribution in [-0.2, 0) is 7.05 Å². The van der Waals surface area contributed by atoms with Gasteiger partial charge in [0.05, 0.1) is 5.92 Å². The van der Waals surface area contributed by atoms with E-state index in [4.69, 9.17) is 0 Å². The summed E-state index contributed by atoms with van der Waals surface area (Å²) in [5.41, 5.74) is 4.48. The molecule has 0 bridgehead atoms. The second-order valence-electron chi connectivity index (χ2n) is 10.1. The zero-order chi connectivity index (χ0) is 26.8. The van der Waals surface area contributed by atoms with Gasteiger partial charge in [0.1, 0.15) is 0 Å². The summed E-state index contributed by atoms with van der Waals surface area (Å²) in [6, 6.07) is 41.4. The third-order valence-corrected chi connectivity index (χ3v) is 7.72. The molecule has 1 heterocycles. The quantitative estimate of drug-likeness (QED) is 0.154. The molecule has 1 aromatic heterocycles. The summed E-state index contributed by atoms with van der Waals surface area (Å²) in [5, 5.41) is 3.41. The summed E-state index contributed by atoms with van der Waals surface area (Å²) in [6.07, 6.45) is 2.53. The molecule has 0 aliphatic carbocycles. The van der Waals surface area contributed by atoms with Gasteiger partial charge < -0.3 is 4.57 Å². The Bertz CT molecular complexity index is 1730. The van der Waals surface area contributed by atoms with Crippen LogP contribution in [0.5, 0.6) is 0 Å². The Hall–Kier alpha value is -4.76. The van der Waals surface area contributed by atoms with Gasteiger partial charge in [-0.05, 0) is 34.4 Å². The fourth-order valence-corrected chi connectivity index (χ4v) is 5.80. The van der Waals surface area contributed by atoms with Gasteiger partial charge in [0.2, 0.25) is 0 Å². The largest absolute Gasteiger partial charge is 0.350 e. The molecule has 0 fully saturated rings. The molecule has 0 amide bonds. The fraction of sp³-hybridized carbons (Fsp3) is 0.111. The molecule has 39 heavy (non-hydrogen) atoms. The molecule has 0 aliphatic heterocycles. The Morgan fingerprint density at radius 1 is 0.590 bits per heavy atom. The highest BCUT2D eigenvalue weighted by Crippen LogP contribution is 2.40. The van der Waals surface area contributed by atoms with E-state index in [0.717, 1.165) is 32.8 Å². The Labute approximate surface area is 228 Å². The lowest BCUT2D eigenvalue weighted by Gasteiger charge is -2.24. The van der Waals surface area contributed by atoms with Crippen LogP contribution in [0.15, 0.2) is 134 Å². The number of ketones is 2. The van der Waals surface area contributed by atoms with Crippen molar-refractivity contribution in [2.45, 2.75) is 12.3 Å². The van der Waals surface area contributed by atoms with E-state index >= 15 is 0 Å². The van der Waals surface area contributed by atoms with Gasteiger partial charge in [-0.15, -0.1) is 0 Å². The highest BCUT2D eigenvalue weighted by atomic mass is 16.2. The number of hydrogen-bond acceptors (Lipinski definition) is 2. The van der Waals surface area contributed by atoms with Gasteiger partial charge in [0.25, 0.3) is 0 Å². The van der Waals surface area contributed by atoms with E-state index in [1.807, 2.05) is 67.7 Å². The maximum absolute atomic E-state index is 14.1. The number of carbonyl (C=O) groups is 2. The van der Waals surface area contributed by atoms with Crippen molar-refractivity contribution in [3.63, 3.8) is 0 Å². The first-order valence-corrected chi connectivity index (χ1v) is 13.3. The number of aryl methyl sites for hydroxylation is 1. The molecule has 5 aromatic carbocycles. The van der Waals surface area contributed by atoms with Crippen LogP contribution >= 0.6 is 0 Å². The number of hydrogen-bond donors (Lipinski definition) is 0. The second-order valence-corrected chi connectivity index (χ2v) is 10.1. The van der Waals surface area contributed by atoms with E-state index in [0.29, 0.717) is 17.5 Å². The minimum atomic E-state index is -0.835. The molecular weight excluding hydrogens is 478 g/mol. The van der Waals surface area contributed by atoms with Gasteiger partial charge in [-0.25, -0.2) is 0 Å². The van der Waals surface area contributed by atoms with Crippen LogP contribution in [0.1, 0.15) is 44.2 Å². The van der Waals surface area contributed by atoms with Crippen LogP contribution in [0.25, 0.3) is 21.7 Å². The summed E-state index contributed by atoms with van der Waals surface area (Å²) in [5.74, 6) is -1.30. The molecule has 0 spiro atoms. The fourth-order valence-electron chi connectivity index (χ4n) is 5.80. The maximum Gasteiger partial charge on any atom is 0.173 e. The second kappa shape index (κ2) is 10.5. The van der Waals surface area contributed by atoms with Gasteiger partial charge in [-0.1, -0.05) is 121 Å². The van der Waals surface area contributed by atoms with Crippen LogP contribution in [0, 0.1) is 5.92 Å². The van der Waals surface area contributed by atoms with Crippen molar-refractivity contribution < 1.29 is 9.59 Å². The maximum atomic E-state index is 14.1. The van der Waals surface area contributed by atoms with Crippen molar-refractivity contribution in [2.24, 2.45) is 13.0 Å². The molecule has 6 rings (SSSR count). The zero-order valence-electron chi connectivity index (χ0n) is 21.8. The van der Waals surface area contributed by atoms with Gasteiger partial charge in [-0.3, -0.25) is 9.59 Å². The van der Waals surface area contributed by atoms with Gasteiger partial charge in [0.15, 0.2) is 11.6 Å². The van der Waals surface area contributed by atoms with Crippen LogP contribution in [-0.4, -0.2) is 16.1 Å². The van der Waals surface area contributed by atoms with Gasteiger partial charge in [-0.2, -0.15) is 0 Å². The molecule has 0 saturated carbocycles. The number of Topliss-reactive ketones (excluding diaryl/α,β-unsaturated/α-hetero) is 2.